The first kappa shape index (κ1) is 10.4. The molecule has 19 heavy (non-hydrogen) atoms. The predicted molar refractivity (Wildman–Crippen MR) is 68.5 cm³/mol. The summed E-state index contributed by atoms with van der Waals surface area (Å²) in [5.41, 5.74) is 2.40. The summed E-state index contributed by atoms with van der Waals surface area (Å²) in [5.74, 6) is 1.69. The monoisotopic (exact) mass is 253 g/mol. The van der Waals surface area contributed by atoms with E-state index >= 15 is 0 Å². The SMILES string of the molecule is c1coc(-c2noc([C@@H]3Cc4ccccc4N3)n2)c1. The maximum absolute atomic E-state index is 5.32. The van der Waals surface area contributed by atoms with Crippen LogP contribution in [0.2, 0.25) is 0 Å². The molecule has 0 aliphatic carbocycles. The van der Waals surface area contributed by atoms with Gasteiger partial charge in [-0.15, -0.1) is 0 Å². The largest absolute Gasteiger partial charge is 0.461 e. The van der Waals surface area contributed by atoms with Crippen molar-refractivity contribution < 1.29 is 8.94 Å². The summed E-state index contributed by atoms with van der Waals surface area (Å²) in [6.45, 7) is 0. The molecular weight excluding hydrogens is 242 g/mol. The minimum Gasteiger partial charge on any atom is -0.461 e. The van der Waals surface area contributed by atoms with Crippen LogP contribution >= 0.6 is 0 Å². The van der Waals surface area contributed by atoms with Gasteiger partial charge in [-0.25, -0.2) is 0 Å². The van der Waals surface area contributed by atoms with Gasteiger partial charge < -0.3 is 14.3 Å². The number of para-hydroxylation sites is 1. The van der Waals surface area contributed by atoms with Gasteiger partial charge in [0, 0.05) is 12.1 Å². The Bertz CT molecular complexity index is 678. The van der Waals surface area contributed by atoms with Crippen LogP contribution in [-0.2, 0) is 6.42 Å². The molecule has 2 aromatic heterocycles. The van der Waals surface area contributed by atoms with E-state index in [0.29, 0.717) is 17.5 Å². The van der Waals surface area contributed by atoms with Crippen molar-refractivity contribution in [1.82, 2.24) is 10.1 Å². The lowest BCUT2D eigenvalue weighted by Gasteiger charge is -2.04. The quantitative estimate of drug-likeness (QED) is 0.760. The first-order valence-corrected chi connectivity index (χ1v) is 6.12. The molecular formula is C14H11N3O2. The van der Waals surface area contributed by atoms with Crippen molar-refractivity contribution in [3.63, 3.8) is 0 Å². The molecule has 5 nitrogen and oxygen atoms in total. The third kappa shape index (κ3) is 1.71. The minimum absolute atomic E-state index is 0.0358. The Kier molecular flexibility index (Phi) is 2.17. The molecule has 0 radical (unpaired) electrons. The molecule has 1 aromatic carbocycles. The number of fused-ring (bicyclic) bond motifs is 1. The molecule has 0 bridgehead atoms. The van der Waals surface area contributed by atoms with Crippen LogP contribution in [0.3, 0.4) is 0 Å². The number of hydrogen-bond donors (Lipinski definition) is 1. The average Bonchev–Trinajstić information content (AvgIpc) is 3.17. The first-order chi connectivity index (χ1) is 9.40. The van der Waals surface area contributed by atoms with Crippen LogP contribution in [0.15, 0.2) is 51.6 Å². The summed E-state index contributed by atoms with van der Waals surface area (Å²) < 4.78 is 10.6. The molecule has 1 aliphatic rings. The van der Waals surface area contributed by atoms with Crippen molar-refractivity contribution in [3.05, 3.63) is 54.1 Å². The Hall–Kier alpha value is -2.56. The number of benzene rings is 1. The van der Waals surface area contributed by atoms with E-state index in [2.05, 4.69) is 27.6 Å². The van der Waals surface area contributed by atoms with Gasteiger partial charge in [0.15, 0.2) is 5.76 Å². The van der Waals surface area contributed by atoms with Crippen molar-refractivity contribution in [3.8, 4) is 11.6 Å². The molecule has 0 amide bonds. The van der Waals surface area contributed by atoms with Gasteiger partial charge in [-0.05, 0) is 23.8 Å². The molecule has 0 spiro atoms. The molecule has 1 aliphatic heterocycles. The lowest BCUT2D eigenvalue weighted by Crippen LogP contribution is -2.05. The fraction of sp³-hybridized carbons (Fsp3) is 0.143. The van der Waals surface area contributed by atoms with Gasteiger partial charge in [-0.2, -0.15) is 4.98 Å². The van der Waals surface area contributed by atoms with Crippen LogP contribution < -0.4 is 5.32 Å². The molecule has 1 N–H and O–H groups in total. The van der Waals surface area contributed by atoms with Gasteiger partial charge >= 0.3 is 0 Å². The zero-order valence-electron chi connectivity index (χ0n) is 10.0. The Morgan fingerprint density at radius 3 is 2.95 bits per heavy atom. The van der Waals surface area contributed by atoms with Crippen LogP contribution in [0.1, 0.15) is 17.5 Å². The van der Waals surface area contributed by atoms with E-state index in [1.807, 2.05) is 18.2 Å². The van der Waals surface area contributed by atoms with E-state index in [1.54, 1.807) is 12.3 Å². The van der Waals surface area contributed by atoms with Crippen molar-refractivity contribution in [2.75, 3.05) is 5.32 Å². The first-order valence-electron chi connectivity index (χ1n) is 6.12. The average molecular weight is 253 g/mol. The molecule has 0 fully saturated rings. The fourth-order valence-corrected chi connectivity index (χ4v) is 2.33. The van der Waals surface area contributed by atoms with Gasteiger partial charge in [0.1, 0.15) is 6.04 Å². The molecule has 3 aromatic rings. The van der Waals surface area contributed by atoms with Crippen LogP contribution in [-0.4, -0.2) is 10.1 Å². The number of aromatic nitrogens is 2. The van der Waals surface area contributed by atoms with E-state index in [0.717, 1.165) is 12.1 Å². The second kappa shape index (κ2) is 3.98. The van der Waals surface area contributed by atoms with E-state index in [9.17, 15) is 0 Å². The van der Waals surface area contributed by atoms with Gasteiger partial charge in [-0.3, -0.25) is 0 Å². The Morgan fingerprint density at radius 1 is 1.16 bits per heavy atom. The normalized spacial score (nSPS) is 17.2. The van der Waals surface area contributed by atoms with Gasteiger partial charge in [0.2, 0.25) is 11.7 Å². The number of hydrogen-bond acceptors (Lipinski definition) is 5. The third-order valence-corrected chi connectivity index (χ3v) is 3.25. The van der Waals surface area contributed by atoms with Crippen LogP contribution in [0.4, 0.5) is 5.69 Å². The highest BCUT2D eigenvalue weighted by atomic mass is 16.5. The summed E-state index contributed by atoms with van der Waals surface area (Å²) in [7, 11) is 0. The molecule has 5 heteroatoms. The van der Waals surface area contributed by atoms with E-state index in [1.165, 1.54) is 5.56 Å². The molecule has 1 atom stereocenters. The van der Waals surface area contributed by atoms with Crippen molar-refractivity contribution in [2.45, 2.75) is 12.5 Å². The summed E-state index contributed by atoms with van der Waals surface area (Å²) >= 11 is 0. The van der Waals surface area contributed by atoms with Gasteiger partial charge in [0.05, 0.1) is 6.26 Å². The second-order valence-electron chi connectivity index (χ2n) is 4.49. The van der Waals surface area contributed by atoms with E-state index < -0.39 is 0 Å². The Labute approximate surface area is 109 Å². The predicted octanol–water partition coefficient (Wildman–Crippen LogP) is 3.04. The highest BCUT2D eigenvalue weighted by Gasteiger charge is 2.26. The standard InChI is InChI=1S/C14H11N3O2/c1-2-5-10-9(4-1)8-11(15-10)14-16-13(17-19-14)12-6-3-7-18-12/h1-7,11,15H,8H2/t11-/m0/s1. The molecule has 0 saturated carbocycles. The zero-order valence-corrected chi connectivity index (χ0v) is 10.0. The van der Waals surface area contributed by atoms with Crippen molar-refractivity contribution in [1.29, 1.82) is 0 Å². The van der Waals surface area contributed by atoms with Crippen molar-refractivity contribution >= 4 is 5.69 Å². The maximum atomic E-state index is 5.32. The number of nitrogens with one attached hydrogen (secondary N) is 1. The Morgan fingerprint density at radius 2 is 2.11 bits per heavy atom. The molecule has 0 unspecified atom stereocenters. The van der Waals surface area contributed by atoms with Crippen molar-refractivity contribution in [2.24, 2.45) is 0 Å². The van der Waals surface area contributed by atoms with Crippen LogP contribution in [0, 0.1) is 0 Å². The maximum Gasteiger partial charge on any atom is 0.249 e. The zero-order chi connectivity index (χ0) is 12.7. The molecule has 0 saturated heterocycles. The highest BCUT2D eigenvalue weighted by molar-refractivity contribution is 5.57. The van der Waals surface area contributed by atoms with E-state index in [4.69, 9.17) is 8.94 Å². The number of furan rings is 1. The van der Waals surface area contributed by atoms with Gasteiger partial charge in [0.25, 0.3) is 0 Å². The highest BCUT2D eigenvalue weighted by Crippen LogP contribution is 2.33. The Balaban J connectivity index is 1.62. The van der Waals surface area contributed by atoms with E-state index in [-0.39, 0.29) is 6.04 Å². The summed E-state index contributed by atoms with van der Waals surface area (Å²) in [6.07, 6.45) is 2.45. The molecule has 94 valence electrons. The third-order valence-electron chi connectivity index (χ3n) is 3.25. The summed E-state index contributed by atoms with van der Waals surface area (Å²) in [5, 5.41) is 7.33. The number of rotatable bonds is 2. The number of anilines is 1. The summed E-state index contributed by atoms with van der Waals surface area (Å²) in [6, 6.07) is 11.8. The summed E-state index contributed by atoms with van der Waals surface area (Å²) in [4.78, 5) is 4.38. The lowest BCUT2D eigenvalue weighted by atomic mass is 10.1. The molecule has 4 rings (SSSR count). The lowest BCUT2D eigenvalue weighted by molar-refractivity contribution is 0.363. The fourth-order valence-electron chi connectivity index (χ4n) is 2.33. The minimum atomic E-state index is 0.0358. The van der Waals surface area contributed by atoms with Crippen LogP contribution in [0.25, 0.3) is 11.6 Å². The van der Waals surface area contributed by atoms with Gasteiger partial charge in [-0.1, -0.05) is 23.4 Å². The molecule has 3 heterocycles. The smallest absolute Gasteiger partial charge is 0.249 e. The second-order valence-corrected chi connectivity index (χ2v) is 4.49. The topological polar surface area (TPSA) is 64.1 Å². The van der Waals surface area contributed by atoms with Crippen LogP contribution in [0.5, 0.6) is 0 Å². The number of nitrogens with zero attached hydrogens (tertiary/aromatic N) is 2.